The van der Waals surface area contributed by atoms with Crippen molar-refractivity contribution in [2.24, 2.45) is 0 Å². The van der Waals surface area contributed by atoms with Gasteiger partial charge in [-0.3, -0.25) is 0 Å². The second-order valence-corrected chi connectivity index (χ2v) is 23.9. The van der Waals surface area contributed by atoms with Crippen molar-refractivity contribution in [3.05, 3.63) is 124 Å². The summed E-state index contributed by atoms with van der Waals surface area (Å²) >= 11 is 0. The van der Waals surface area contributed by atoms with Crippen LogP contribution in [0.1, 0.15) is 164 Å². The van der Waals surface area contributed by atoms with Crippen molar-refractivity contribution >= 4 is 57.2 Å². The molecule has 58 heavy (non-hydrogen) atoms. The summed E-state index contributed by atoms with van der Waals surface area (Å²) in [7, 11) is 0. The van der Waals surface area contributed by atoms with E-state index < -0.39 is 0 Å². The molecule has 5 aromatic carbocycles. The van der Waals surface area contributed by atoms with Crippen LogP contribution in [-0.2, 0) is 32.5 Å². The molecule has 2 nitrogen and oxygen atoms in total. The number of fused-ring (bicyclic) bond motifs is 4. The maximum absolute atomic E-state index is 2.64. The van der Waals surface area contributed by atoms with Crippen molar-refractivity contribution in [2.75, 3.05) is 9.80 Å². The Bertz CT molecular complexity index is 2190. The van der Waals surface area contributed by atoms with Gasteiger partial charge in [0.2, 0.25) is 0 Å². The first-order valence-corrected chi connectivity index (χ1v) is 21.8. The van der Waals surface area contributed by atoms with Gasteiger partial charge in [0, 0.05) is 34.1 Å². The average Bonchev–Trinajstić information content (AvgIpc) is 3.08. The molecule has 0 radical (unpaired) electrons. The summed E-state index contributed by atoms with van der Waals surface area (Å²) < 4.78 is 0. The topological polar surface area (TPSA) is 6.48 Å². The number of hydrogen-bond donors (Lipinski definition) is 0. The fourth-order valence-electron chi connectivity index (χ4n) is 8.83. The van der Waals surface area contributed by atoms with Crippen molar-refractivity contribution in [1.29, 1.82) is 0 Å². The normalized spacial score (nSPS) is 14.7. The largest absolute Gasteiger partial charge is 0.311 e. The fraction of sp³-hybridized carbons (Fsp3) is 0.455. The van der Waals surface area contributed by atoms with E-state index in [0.717, 1.165) is 0 Å². The summed E-state index contributed by atoms with van der Waals surface area (Å²) in [6.45, 7) is 44.6. The monoisotopic (exact) mass is 771 g/mol. The molecule has 2 aliphatic heterocycles. The first-order valence-electron chi connectivity index (χ1n) is 21.8. The Kier molecular flexibility index (Phi) is 9.67. The van der Waals surface area contributed by atoms with E-state index in [0.29, 0.717) is 0 Å². The molecule has 304 valence electrons. The third-order valence-corrected chi connectivity index (χ3v) is 12.8. The van der Waals surface area contributed by atoms with E-state index >= 15 is 0 Å². The summed E-state index contributed by atoms with van der Waals surface area (Å²) in [5, 5.41) is 0. The molecule has 5 aromatic rings. The molecule has 0 bridgehead atoms. The molecule has 3 heteroatoms. The average molecular weight is 771 g/mol. The fourth-order valence-corrected chi connectivity index (χ4v) is 8.83. The zero-order valence-electron chi connectivity index (χ0n) is 39.6. The van der Waals surface area contributed by atoms with Gasteiger partial charge < -0.3 is 9.80 Å². The van der Waals surface area contributed by atoms with Gasteiger partial charge in [0.05, 0.1) is 0 Å². The predicted molar refractivity (Wildman–Crippen MR) is 257 cm³/mol. The van der Waals surface area contributed by atoms with Gasteiger partial charge in [0.15, 0.2) is 0 Å². The Morgan fingerprint density at radius 1 is 0.328 bits per heavy atom. The standard InChI is InChI=1S/C55H71BN2/c1-34-24-47-49-48(25-34)58(42-30-39(54(14,15)16)27-40(31-42)55(17,18)19)46-33-36(51(5,6)7)21-23-44(46)56(49)43-22-20-35(50(2,3)4)32-45(43)57(47)41-28-37(52(8,9)10)26-38(29-41)53(11,12)13/h20-33H,1-19H3. The highest BCUT2D eigenvalue weighted by molar-refractivity contribution is 7.00. The zero-order valence-corrected chi connectivity index (χ0v) is 39.6. The molecule has 2 heterocycles. The molecule has 2 aliphatic rings. The van der Waals surface area contributed by atoms with Crippen LogP contribution in [0.2, 0.25) is 0 Å². The second-order valence-electron chi connectivity index (χ2n) is 23.9. The number of benzene rings is 5. The van der Waals surface area contributed by atoms with E-state index in [1.807, 2.05) is 0 Å². The number of aryl methyl sites for hydroxylation is 1. The lowest BCUT2D eigenvalue weighted by molar-refractivity contribution is 0.568. The van der Waals surface area contributed by atoms with Crippen molar-refractivity contribution < 1.29 is 0 Å². The number of hydrogen-bond acceptors (Lipinski definition) is 2. The van der Waals surface area contributed by atoms with E-state index in [1.54, 1.807) is 0 Å². The lowest BCUT2D eigenvalue weighted by Crippen LogP contribution is -2.61. The summed E-state index contributed by atoms with van der Waals surface area (Å²) in [5.41, 5.74) is 21.1. The van der Waals surface area contributed by atoms with Crippen molar-refractivity contribution in [3.63, 3.8) is 0 Å². The first kappa shape index (κ1) is 41.9. The van der Waals surface area contributed by atoms with Crippen LogP contribution in [0.3, 0.4) is 0 Å². The molecule has 0 amide bonds. The number of rotatable bonds is 2. The molecule has 0 aromatic heterocycles. The highest BCUT2D eigenvalue weighted by Crippen LogP contribution is 2.48. The summed E-state index contributed by atoms with van der Waals surface area (Å²) in [6.07, 6.45) is 0. The quantitative estimate of drug-likeness (QED) is 0.162. The Balaban J connectivity index is 1.65. The first-order chi connectivity index (χ1) is 26.4. The minimum atomic E-state index is -0.0141. The van der Waals surface area contributed by atoms with Crippen LogP contribution in [0.4, 0.5) is 34.1 Å². The highest BCUT2D eigenvalue weighted by atomic mass is 15.2. The Labute approximate surface area is 353 Å². The summed E-state index contributed by atoms with van der Waals surface area (Å²) in [4.78, 5) is 5.27. The smallest absolute Gasteiger partial charge is 0.252 e. The molecular weight excluding hydrogens is 699 g/mol. The van der Waals surface area contributed by atoms with Gasteiger partial charge in [0.1, 0.15) is 0 Å². The molecule has 0 fully saturated rings. The van der Waals surface area contributed by atoms with Crippen LogP contribution in [-0.4, -0.2) is 6.71 Å². The Morgan fingerprint density at radius 2 is 0.621 bits per heavy atom. The van der Waals surface area contributed by atoms with Gasteiger partial charge in [0.25, 0.3) is 6.71 Å². The van der Waals surface area contributed by atoms with Gasteiger partial charge in [-0.1, -0.05) is 161 Å². The molecule has 0 atom stereocenters. The molecule has 0 N–H and O–H groups in total. The SMILES string of the molecule is Cc1cc2c3c(c1)N(c1cc(C(C)(C)C)cc(C(C)(C)C)c1)c1cc(C(C)(C)C)ccc1B3c1ccc(C(C)(C)C)cc1N2c1cc(C(C)(C)C)cc(C(C)(C)C)c1. The van der Waals surface area contributed by atoms with Gasteiger partial charge in [-0.05, 0) is 143 Å². The van der Waals surface area contributed by atoms with Crippen molar-refractivity contribution in [2.45, 2.75) is 164 Å². The molecular formula is C55H71BN2. The minimum Gasteiger partial charge on any atom is -0.311 e. The van der Waals surface area contributed by atoms with Gasteiger partial charge in [-0.2, -0.15) is 0 Å². The lowest BCUT2D eigenvalue weighted by Gasteiger charge is -2.45. The maximum Gasteiger partial charge on any atom is 0.252 e. The Morgan fingerprint density at radius 3 is 0.897 bits per heavy atom. The third kappa shape index (κ3) is 7.46. The summed E-state index contributed by atoms with van der Waals surface area (Å²) in [6, 6.07) is 34.5. The zero-order chi connectivity index (χ0) is 42.9. The van der Waals surface area contributed by atoms with Crippen LogP contribution >= 0.6 is 0 Å². The second kappa shape index (κ2) is 13.4. The molecule has 0 spiro atoms. The van der Waals surface area contributed by atoms with E-state index in [2.05, 4.69) is 226 Å². The Hall–Kier alpha value is -4.24. The third-order valence-electron chi connectivity index (χ3n) is 12.8. The van der Waals surface area contributed by atoms with Gasteiger partial charge in [-0.15, -0.1) is 0 Å². The summed E-state index contributed by atoms with van der Waals surface area (Å²) in [5.74, 6) is 0. The van der Waals surface area contributed by atoms with E-state index in [1.165, 1.54) is 89.5 Å². The van der Waals surface area contributed by atoms with Crippen LogP contribution in [0.5, 0.6) is 0 Å². The van der Waals surface area contributed by atoms with Crippen molar-refractivity contribution in [1.82, 2.24) is 0 Å². The number of anilines is 6. The molecule has 0 saturated heterocycles. The van der Waals surface area contributed by atoms with Gasteiger partial charge in [-0.25, -0.2) is 0 Å². The molecule has 0 aliphatic carbocycles. The van der Waals surface area contributed by atoms with E-state index in [9.17, 15) is 0 Å². The van der Waals surface area contributed by atoms with Crippen LogP contribution in [0.15, 0.2) is 84.9 Å². The van der Waals surface area contributed by atoms with E-state index in [-0.39, 0.29) is 39.2 Å². The number of nitrogens with zero attached hydrogens (tertiary/aromatic N) is 2. The van der Waals surface area contributed by atoms with Crippen LogP contribution in [0.25, 0.3) is 0 Å². The van der Waals surface area contributed by atoms with Crippen molar-refractivity contribution in [3.8, 4) is 0 Å². The highest BCUT2D eigenvalue weighted by Gasteiger charge is 2.44. The molecule has 0 saturated carbocycles. The van der Waals surface area contributed by atoms with Crippen LogP contribution in [0, 0.1) is 6.92 Å². The predicted octanol–water partition coefficient (Wildman–Crippen LogP) is 13.9. The maximum atomic E-state index is 2.64. The molecule has 7 rings (SSSR count). The van der Waals surface area contributed by atoms with Gasteiger partial charge >= 0.3 is 0 Å². The minimum absolute atomic E-state index is 0.00567. The lowest BCUT2D eigenvalue weighted by atomic mass is 9.33. The van der Waals surface area contributed by atoms with Crippen LogP contribution < -0.4 is 26.2 Å². The van der Waals surface area contributed by atoms with E-state index in [4.69, 9.17) is 0 Å². The molecule has 0 unspecified atom stereocenters.